The quantitative estimate of drug-likeness (QED) is 0.861. The number of carbonyl (C=O) groups is 3. The zero-order valence-electron chi connectivity index (χ0n) is 14.2. The third-order valence-corrected chi connectivity index (χ3v) is 5.12. The van der Waals surface area contributed by atoms with Gasteiger partial charge >= 0.3 is 6.03 Å². The molecule has 4 amide bonds. The smallest absolute Gasteiger partial charge is 0.328 e. The molecule has 0 aromatic heterocycles. The van der Waals surface area contributed by atoms with Crippen LogP contribution in [0.15, 0.2) is 54.6 Å². The average Bonchev–Trinajstić information content (AvgIpc) is 3.19. The summed E-state index contributed by atoms with van der Waals surface area (Å²) in [6.07, 6.45) is 1.46. The summed E-state index contributed by atoms with van der Waals surface area (Å²) in [5.41, 5.74) is 7.43. The summed E-state index contributed by atoms with van der Waals surface area (Å²) in [7, 11) is 0. The van der Waals surface area contributed by atoms with E-state index in [2.05, 4.69) is 0 Å². The Balaban J connectivity index is 1.58. The van der Waals surface area contributed by atoms with Gasteiger partial charge < -0.3 is 10.6 Å². The van der Waals surface area contributed by atoms with Gasteiger partial charge in [0.2, 0.25) is 5.91 Å². The van der Waals surface area contributed by atoms with E-state index in [1.165, 1.54) is 4.90 Å². The van der Waals surface area contributed by atoms with Crippen LogP contribution in [0, 0.1) is 0 Å². The molecule has 6 heteroatoms. The van der Waals surface area contributed by atoms with Gasteiger partial charge in [-0.2, -0.15) is 0 Å². The Morgan fingerprint density at radius 3 is 2.46 bits per heavy atom. The summed E-state index contributed by atoms with van der Waals surface area (Å²) < 4.78 is 0. The Morgan fingerprint density at radius 2 is 1.73 bits per heavy atom. The van der Waals surface area contributed by atoms with Crippen molar-refractivity contribution in [2.24, 2.45) is 5.73 Å². The van der Waals surface area contributed by atoms with Gasteiger partial charge in [0, 0.05) is 5.56 Å². The molecule has 2 aromatic rings. The minimum absolute atomic E-state index is 0.0698. The Labute approximate surface area is 151 Å². The lowest BCUT2D eigenvalue weighted by molar-refractivity contribution is -0.128. The molecule has 0 saturated carbocycles. The maximum Gasteiger partial charge on any atom is 0.328 e. The van der Waals surface area contributed by atoms with E-state index in [1.807, 2.05) is 30.3 Å². The highest BCUT2D eigenvalue weighted by Crippen LogP contribution is 2.41. The maximum absolute atomic E-state index is 12.9. The number of nitrogens with two attached hydrogens (primary N) is 1. The Bertz CT molecular complexity index is 881. The van der Waals surface area contributed by atoms with E-state index in [9.17, 15) is 14.4 Å². The Hall–Kier alpha value is -3.15. The van der Waals surface area contributed by atoms with Crippen LogP contribution in [0.1, 0.15) is 40.4 Å². The van der Waals surface area contributed by atoms with Gasteiger partial charge in [-0.25, -0.2) is 4.79 Å². The van der Waals surface area contributed by atoms with Crippen LogP contribution in [0.5, 0.6) is 0 Å². The molecule has 2 atom stereocenters. The SMILES string of the molecule is NC(=O)c1cccc(CN2C(=O)[C@H]3CC[C@@H](c4ccccc4)N3C2=O)c1. The highest BCUT2D eigenvalue weighted by atomic mass is 16.2. The van der Waals surface area contributed by atoms with Crippen LogP contribution in [-0.2, 0) is 11.3 Å². The second-order valence-electron chi connectivity index (χ2n) is 6.70. The van der Waals surface area contributed by atoms with Gasteiger partial charge in [0.15, 0.2) is 0 Å². The van der Waals surface area contributed by atoms with Crippen LogP contribution >= 0.6 is 0 Å². The highest BCUT2D eigenvalue weighted by molar-refractivity contribution is 6.04. The number of imide groups is 1. The largest absolute Gasteiger partial charge is 0.366 e. The summed E-state index contributed by atoms with van der Waals surface area (Å²) in [6, 6.07) is 15.8. The lowest BCUT2D eigenvalue weighted by Crippen LogP contribution is -2.34. The molecule has 0 aliphatic carbocycles. The first-order chi connectivity index (χ1) is 12.6. The topological polar surface area (TPSA) is 83.7 Å². The third kappa shape index (κ3) is 2.63. The van der Waals surface area contributed by atoms with Gasteiger partial charge in [-0.05, 0) is 36.1 Å². The van der Waals surface area contributed by atoms with Crippen molar-refractivity contribution in [1.29, 1.82) is 0 Å². The summed E-state index contributed by atoms with van der Waals surface area (Å²) in [4.78, 5) is 40.0. The lowest BCUT2D eigenvalue weighted by Gasteiger charge is -2.24. The molecule has 0 bridgehead atoms. The molecular weight excluding hydrogens is 330 g/mol. The minimum atomic E-state index is -0.532. The molecule has 2 fully saturated rings. The molecule has 132 valence electrons. The van der Waals surface area contributed by atoms with E-state index in [0.29, 0.717) is 17.5 Å². The first kappa shape index (κ1) is 16.3. The summed E-state index contributed by atoms with van der Waals surface area (Å²) in [5, 5.41) is 0. The molecule has 4 rings (SSSR count). The molecule has 0 spiro atoms. The normalized spacial score (nSPS) is 22.0. The van der Waals surface area contributed by atoms with Crippen LogP contribution in [0.3, 0.4) is 0 Å². The second kappa shape index (κ2) is 6.29. The predicted molar refractivity (Wildman–Crippen MR) is 94.9 cm³/mol. The van der Waals surface area contributed by atoms with Crippen molar-refractivity contribution in [2.45, 2.75) is 31.5 Å². The molecule has 2 saturated heterocycles. The van der Waals surface area contributed by atoms with Gasteiger partial charge in [-0.3, -0.25) is 14.5 Å². The fourth-order valence-electron chi connectivity index (χ4n) is 3.89. The lowest BCUT2D eigenvalue weighted by atomic mass is 10.0. The van der Waals surface area contributed by atoms with Crippen molar-refractivity contribution in [3.05, 3.63) is 71.3 Å². The number of urea groups is 1. The van der Waals surface area contributed by atoms with E-state index in [-0.39, 0.29) is 24.5 Å². The minimum Gasteiger partial charge on any atom is -0.366 e. The highest BCUT2D eigenvalue weighted by Gasteiger charge is 2.51. The fraction of sp³-hybridized carbons (Fsp3) is 0.250. The van der Waals surface area contributed by atoms with Gasteiger partial charge in [0.1, 0.15) is 6.04 Å². The number of hydrogen-bond acceptors (Lipinski definition) is 3. The summed E-state index contributed by atoms with van der Waals surface area (Å²) in [5.74, 6) is -0.700. The fourth-order valence-corrected chi connectivity index (χ4v) is 3.89. The number of carbonyl (C=O) groups excluding carboxylic acids is 3. The number of rotatable bonds is 4. The maximum atomic E-state index is 12.9. The molecule has 6 nitrogen and oxygen atoms in total. The van der Waals surface area contributed by atoms with Gasteiger partial charge in [-0.15, -0.1) is 0 Å². The zero-order chi connectivity index (χ0) is 18.3. The number of primary amides is 1. The van der Waals surface area contributed by atoms with Crippen LogP contribution in [-0.4, -0.2) is 33.7 Å². The summed E-state index contributed by atoms with van der Waals surface area (Å²) >= 11 is 0. The van der Waals surface area contributed by atoms with Crippen molar-refractivity contribution in [3.8, 4) is 0 Å². The summed E-state index contributed by atoms with van der Waals surface area (Å²) in [6.45, 7) is 0.146. The number of hydrogen-bond donors (Lipinski definition) is 1. The number of amides is 4. The van der Waals surface area contributed by atoms with Gasteiger partial charge in [0.25, 0.3) is 5.91 Å². The molecule has 26 heavy (non-hydrogen) atoms. The van der Waals surface area contributed by atoms with Crippen LogP contribution in [0.25, 0.3) is 0 Å². The molecule has 2 aliphatic heterocycles. The molecule has 0 unspecified atom stereocenters. The van der Waals surface area contributed by atoms with E-state index < -0.39 is 11.9 Å². The Morgan fingerprint density at radius 1 is 1.00 bits per heavy atom. The molecule has 2 aromatic carbocycles. The third-order valence-electron chi connectivity index (χ3n) is 5.12. The molecule has 2 heterocycles. The standard InChI is InChI=1S/C20H19N3O3/c21-18(24)15-8-4-5-13(11-15)12-22-19(25)17-10-9-16(23(17)20(22)26)14-6-2-1-3-7-14/h1-8,11,16-17H,9-10,12H2,(H2,21,24)/t16-,17+/m0/s1. The van der Waals surface area contributed by atoms with E-state index in [4.69, 9.17) is 5.73 Å². The second-order valence-corrected chi connectivity index (χ2v) is 6.70. The number of nitrogens with zero attached hydrogens (tertiary/aromatic N) is 2. The predicted octanol–water partition coefficient (Wildman–Crippen LogP) is 2.45. The van der Waals surface area contributed by atoms with Crippen molar-refractivity contribution < 1.29 is 14.4 Å². The number of fused-ring (bicyclic) bond motifs is 1. The first-order valence-electron chi connectivity index (χ1n) is 8.63. The van der Waals surface area contributed by atoms with Crippen molar-refractivity contribution in [2.75, 3.05) is 0 Å². The number of benzene rings is 2. The van der Waals surface area contributed by atoms with E-state index in [0.717, 1.165) is 12.0 Å². The van der Waals surface area contributed by atoms with Crippen molar-refractivity contribution in [1.82, 2.24) is 9.80 Å². The van der Waals surface area contributed by atoms with E-state index >= 15 is 0 Å². The van der Waals surface area contributed by atoms with Crippen molar-refractivity contribution >= 4 is 17.8 Å². The molecule has 0 radical (unpaired) electrons. The van der Waals surface area contributed by atoms with Crippen LogP contribution in [0.2, 0.25) is 0 Å². The molecular formula is C20H19N3O3. The first-order valence-corrected chi connectivity index (χ1v) is 8.63. The molecule has 2 aliphatic rings. The van der Waals surface area contributed by atoms with Crippen molar-refractivity contribution in [3.63, 3.8) is 0 Å². The van der Waals surface area contributed by atoms with Gasteiger partial charge in [0.05, 0.1) is 12.6 Å². The van der Waals surface area contributed by atoms with Crippen LogP contribution < -0.4 is 5.73 Å². The average molecular weight is 349 g/mol. The molecule has 2 N–H and O–H groups in total. The van der Waals surface area contributed by atoms with Gasteiger partial charge in [-0.1, -0.05) is 42.5 Å². The monoisotopic (exact) mass is 349 g/mol. The zero-order valence-corrected chi connectivity index (χ0v) is 14.2. The van der Waals surface area contributed by atoms with Crippen LogP contribution in [0.4, 0.5) is 4.79 Å². The Kier molecular flexibility index (Phi) is 3.95. The van der Waals surface area contributed by atoms with E-state index in [1.54, 1.807) is 29.2 Å².